The Hall–Kier alpha value is -1.52. The van der Waals surface area contributed by atoms with Gasteiger partial charge >= 0.3 is 0 Å². The molecule has 5 heteroatoms. The molecule has 2 rings (SSSR count). The number of benzene rings is 2. The number of hydrogen-bond acceptors (Lipinski definition) is 2. The average Bonchev–Trinajstić information content (AvgIpc) is 2.48. The number of rotatable bonds is 6. The van der Waals surface area contributed by atoms with E-state index in [1.165, 1.54) is 0 Å². The van der Waals surface area contributed by atoms with Crippen LogP contribution in [0, 0.1) is 0 Å². The fraction of sp³-hybridized carbons (Fsp3) is 0.250. The van der Waals surface area contributed by atoms with Gasteiger partial charge in [0, 0.05) is 11.6 Å². The van der Waals surface area contributed by atoms with E-state index in [0.717, 1.165) is 24.0 Å². The van der Waals surface area contributed by atoms with Crippen LogP contribution in [-0.2, 0) is 22.3 Å². The second-order valence-electron chi connectivity index (χ2n) is 4.83. The van der Waals surface area contributed by atoms with Gasteiger partial charge < -0.3 is 0 Å². The van der Waals surface area contributed by atoms with Crippen LogP contribution in [0.15, 0.2) is 53.4 Å². The fourth-order valence-electron chi connectivity index (χ4n) is 2.06. The van der Waals surface area contributed by atoms with Crippen molar-refractivity contribution in [3.63, 3.8) is 0 Å². The summed E-state index contributed by atoms with van der Waals surface area (Å²) in [6.07, 6.45) is 1.99. The summed E-state index contributed by atoms with van der Waals surface area (Å²) in [7, 11) is -3.56. The van der Waals surface area contributed by atoms with E-state index in [2.05, 4.69) is 11.6 Å². The van der Waals surface area contributed by atoms with Crippen molar-refractivity contribution in [1.29, 1.82) is 0 Å². The number of nitrogens with one attached hydrogen (secondary N) is 1. The second-order valence-corrected chi connectivity index (χ2v) is 6.78. The van der Waals surface area contributed by atoms with Crippen molar-refractivity contribution in [3.8, 4) is 0 Å². The van der Waals surface area contributed by atoms with E-state index >= 15 is 0 Å². The highest BCUT2D eigenvalue weighted by Crippen LogP contribution is 2.18. The zero-order valence-electron chi connectivity index (χ0n) is 11.8. The maximum absolute atomic E-state index is 12.3. The SMILES string of the molecule is CCCc1ccc(S(=O)(=O)Nc2cccc(CCl)c2)cc1. The van der Waals surface area contributed by atoms with Crippen LogP contribution in [0.1, 0.15) is 24.5 Å². The van der Waals surface area contributed by atoms with Crippen molar-refractivity contribution < 1.29 is 8.42 Å². The number of hydrogen-bond donors (Lipinski definition) is 1. The summed E-state index contributed by atoms with van der Waals surface area (Å²) < 4.78 is 27.2. The largest absolute Gasteiger partial charge is 0.280 e. The average molecular weight is 324 g/mol. The quantitative estimate of drug-likeness (QED) is 0.811. The van der Waals surface area contributed by atoms with Crippen molar-refractivity contribution in [3.05, 3.63) is 59.7 Å². The van der Waals surface area contributed by atoms with Gasteiger partial charge in [0.1, 0.15) is 0 Å². The number of halogens is 1. The molecule has 3 nitrogen and oxygen atoms in total. The molecule has 0 radical (unpaired) electrons. The lowest BCUT2D eigenvalue weighted by atomic mass is 10.1. The molecule has 21 heavy (non-hydrogen) atoms. The van der Waals surface area contributed by atoms with Crippen LogP contribution in [-0.4, -0.2) is 8.42 Å². The van der Waals surface area contributed by atoms with Crippen LogP contribution in [0.5, 0.6) is 0 Å². The minimum absolute atomic E-state index is 0.263. The van der Waals surface area contributed by atoms with Crippen LogP contribution in [0.25, 0.3) is 0 Å². The van der Waals surface area contributed by atoms with E-state index in [4.69, 9.17) is 11.6 Å². The second kappa shape index (κ2) is 6.96. The first kappa shape index (κ1) is 15.9. The summed E-state index contributed by atoms with van der Waals surface area (Å²) in [4.78, 5) is 0.263. The molecule has 0 aliphatic carbocycles. The Labute approximate surface area is 131 Å². The third-order valence-electron chi connectivity index (χ3n) is 3.11. The zero-order valence-corrected chi connectivity index (χ0v) is 13.4. The van der Waals surface area contributed by atoms with Crippen LogP contribution in [0.4, 0.5) is 5.69 Å². The Bertz CT molecular complexity index is 696. The first-order valence-corrected chi connectivity index (χ1v) is 8.83. The van der Waals surface area contributed by atoms with E-state index in [-0.39, 0.29) is 4.90 Å². The number of aryl methyl sites for hydroxylation is 1. The third kappa shape index (κ3) is 4.22. The summed E-state index contributed by atoms with van der Waals surface area (Å²) in [5, 5.41) is 0. The molecule has 0 amide bonds. The predicted molar refractivity (Wildman–Crippen MR) is 87.2 cm³/mol. The molecule has 0 spiro atoms. The van der Waals surface area contributed by atoms with Gasteiger partial charge in [0.2, 0.25) is 0 Å². The molecule has 1 N–H and O–H groups in total. The molecule has 2 aromatic carbocycles. The Morgan fingerprint density at radius 2 is 1.76 bits per heavy atom. The van der Waals surface area contributed by atoms with Crippen molar-refractivity contribution in [1.82, 2.24) is 0 Å². The van der Waals surface area contributed by atoms with Gasteiger partial charge in [-0.3, -0.25) is 4.72 Å². The van der Waals surface area contributed by atoms with Crippen molar-refractivity contribution in [2.45, 2.75) is 30.5 Å². The third-order valence-corrected chi connectivity index (χ3v) is 4.81. The van der Waals surface area contributed by atoms with Crippen molar-refractivity contribution >= 4 is 27.3 Å². The standard InChI is InChI=1S/C16H18ClNO2S/c1-2-4-13-7-9-16(10-8-13)21(19,20)18-15-6-3-5-14(11-15)12-17/h3,5-11,18H,2,4,12H2,1H3. The predicted octanol–water partition coefficient (Wildman–Crippen LogP) is 4.18. The van der Waals surface area contributed by atoms with Gasteiger partial charge in [0.15, 0.2) is 0 Å². The van der Waals surface area contributed by atoms with E-state index in [0.29, 0.717) is 11.6 Å². The smallest absolute Gasteiger partial charge is 0.261 e. The number of anilines is 1. The highest BCUT2D eigenvalue weighted by Gasteiger charge is 2.14. The van der Waals surface area contributed by atoms with E-state index in [9.17, 15) is 8.42 Å². The Balaban J connectivity index is 2.21. The van der Waals surface area contributed by atoms with Gasteiger partial charge in [-0.1, -0.05) is 37.6 Å². The Kier molecular flexibility index (Phi) is 5.26. The van der Waals surface area contributed by atoms with Crippen molar-refractivity contribution in [2.24, 2.45) is 0 Å². The first-order chi connectivity index (χ1) is 10.0. The van der Waals surface area contributed by atoms with Gasteiger partial charge in [-0.15, -0.1) is 11.6 Å². The number of alkyl halides is 1. The van der Waals surface area contributed by atoms with Gasteiger partial charge in [-0.2, -0.15) is 0 Å². The molecule has 0 atom stereocenters. The molecule has 0 bridgehead atoms. The minimum atomic E-state index is -3.56. The first-order valence-electron chi connectivity index (χ1n) is 6.82. The van der Waals surface area contributed by atoms with E-state index in [1.807, 2.05) is 18.2 Å². The highest BCUT2D eigenvalue weighted by molar-refractivity contribution is 7.92. The monoisotopic (exact) mass is 323 g/mol. The maximum atomic E-state index is 12.3. The molecule has 2 aromatic rings. The lowest BCUT2D eigenvalue weighted by Crippen LogP contribution is -2.13. The molecular formula is C16H18ClNO2S. The normalized spacial score (nSPS) is 11.3. The van der Waals surface area contributed by atoms with Gasteiger partial charge in [-0.05, 0) is 41.8 Å². The molecule has 0 unspecified atom stereocenters. The summed E-state index contributed by atoms with van der Waals surface area (Å²) in [6, 6.07) is 14.1. The lowest BCUT2D eigenvalue weighted by Gasteiger charge is -2.09. The van der Waals surface area contributed by atoms with Crippen LogP contribution >= 0.6 is 11.6 Å². The lowest BCUT2D eigenvalue weighted by molar-refractivity contribution is 0.601. The molecule has 0 fully saturated rings. The number of sulfonamides is 1. The highest BCUT2D eigenvalue weighted by atomic mass is 35.5. The molecular weight excluding hydrogens is 306 g/mol. The van der Waals surface area contributed by atoms with Gasteiger partial charge in [0.05, 0.1) is 4.90 Å². The maximum Gasteiger partial charge on any atom is 0.261 e. The molecule has 0 aliphatic heterocycles. The molecule has 0 saturated carbocycles. The Morgan fingerprint density at radius 1 is 1.05 bits per heavy atom. The Morgan fingerprint density at radius 3 is 2.38 bits per heavy atom. The molecule has 0 heterocycles. The molecule has 112 valence electrons. The minimum Gasteiger partial charge on any atom is -0.280 e. The van der Waals surface area contributed by atoms with Crippen molar-refractivity contribution in [2.75, 3.05) is 4.72 Å². The summed E-state index contributed by atoms with van der Waals surface area (Å²) in [6.45, 7) is 2.09. The summed E-state index contributed by atoms with van der Waals surface area (Å²) >= 11 is 5.76. The van der Waals surface area contributed by atoms with Crippen LogP contribution in [0.2, 0.25) is 0 Å². The van der Waals surface area contributed by atoms with Gasteiger partial charge in [0.25, 0.3) is 10.0 Å². The van der Waals surface area contributed by atoms with Crippen LogP contribution < -0.4 is 4.72 Å². The molecule has 0 aromatic heterocycles. The summed E-state index contributed by atoms with van der Waals surface area (Å²) in [5.41, 5.74) is 2.53. The van der Waals surface area contributed by atoms with E-state index in [1.54, 1.807) is 30.3 Å². The molecule has 0 saturated heterocycles. The van der Waals surface area contributed by atoms with Crippen LogP contribution in [0.3, 0.4) is 0 Å². The fourth-order valence-corrected chi connectivity index (χ4v) is 3.27. The van der Waals surface area contributed by atoms with Gasteiger partial charge in [-0.25, -0.2) is 8.42 Å². The molecule has 0 aliphatic rings. The van der Waals surface area contributed by atoms with E-state index < -0.39 is 10.0 Å². The topological polar surface area (TPSA) is 46.2 Å². The zero-order chi connectivity index (χ0) is 15.3. The summed E-state index contributed by atoms with van der Waals surface area (Å²) in [5.74, 6) is 0.348.